The number of aliphatic imine (C=N–C) groups is 1. The number of hydrogen-bond donors (Lipinski definition) is 0. The van der Waals surface area contributed by atoms with Gasteiger partial charge in [0.05, 0.1) is 22.2 Å². The predicted molar refractivity (Wildman–Crippen MR) is 73.1 cm³/mol. The van der Waals surface area contributed by atoms with E-state index in [-0.39, 0.29) is 5.56 Å². The van der Waals surface area contributed by atoms with Gasteiger partial charge in [-0.05, 0) is 45.9 Å². The molecule has 1 radical (unpaired) electrons. The first-order valence-corrected chi connectivity index (χ1v) is 6.26. The maximum absolute atomic E-state index is 12.4. The molecule has 1 aromatic rings. The molecule has 0 bridgehead atoms. The number of hydrogen-bond acceptors (Lipinski definition) is 4. The number of hydroxylamine groups is 2. The van der Waals surface area contributed by atoms with Crippen LogP contribution in [0, 0.1) is 22.7 Å². The van der Waals surface area contributed by atoms with E-state index < -0.39 is 11.1 Å². The largest absolute Gasteiger partial charge is 0.257 e. The Balaban J connectivity index is 2.55. The van der Waals surface area contributed by atoms with Crippen molar-refractivity contribution in [3.63, 3.8) is 0 Å². The van der Waals surface area contributed by atoms with Gasteiger partial charge in [0, 0.05) is 5.56 Å². The highest BCUT2D eigenvalue weighted by Crippen LogP contribution is 2.38. The highest BCUT2D eigenvalue weighted by molar-refractivity contribution is 6.00. The van der Waals surface area contributed by atoms with Crippen LogP contribution in [0.2, 0.25) is 0 Å². The predicted octanol–water partition coefficient (Wildman–Crippen LogP) is 2.39. The molecule has 0 unspecified atom stereocenters. The first-order valence-electron chi connectivity index (χ1n) is 6.26. The standard InChI is InChI=1S/C15H15N4O/c1-14(2)15(3,4)19(20)13(18-14)10-5-6-11(8-16)12(7-10)9-17/h5-7H,1-4H3. The van der Waals surface area contributed by atoms with E-state index in [1.54, 1.807) is 18.2 Å². The normalized spacial score (nSPS) is 19.1. The van der Waals surface area contributed by atoms with Crippen LogP contribution in [0.3, 0.4) is 0 Å². The Morgan fingerprint density at radius 1 is 1.10 bits per heavy atom. The average molecular weight is 267 g/mol. The summed E-state index contributed by atoms with van der Waals surface area (Å²) in [7, 11) is 0. The number of rotatable bonds is 1. The minimum absolute atomic E-state index is 0.253. The second-order valence-corrected chi connectivity index (χ2v) is 5.83. The number of benzene rings is 1. The van der Waals surface area contributed by atoms with E-state index in [4.69, 9.17) is 10.5 Å². The summed E-state index contributed by atoms with van der Waals surface area (Å²) < 4.78 is 0. The van der Waals surface area contributed by atoms with Gasteiger partial charge in [-0.3, -0.25) is 4.99 Å². The fourth-order valence-corrected chi connectivity index (χ4v) is 2.02. The molecule has 2 rings (SSSR count). The van der Waals surface area contributed by atoms with Crippen LogP contribution in [0.5, 0.6) is 0 Å². The zero-order chi connectivity index (χ0) is 15.1. The third-order valence-electron chi connectivity index (χ3n) is 4.10. The molecule has 1 aliphatic rings. The third kappa shape index (κ3) is 1.84. The fourth-order valence-electron chi connectivity index (χ4n) is 2.02. The zero-order valence-electron chi connectivity index (χ0n) is 11.9. The second-order valence-electron chi connectivity index (χ2n) is 5.83. The maximum atomic E-state index is 12.4. The summed E-state index contributed by atoms with van der Waals surface area (Å²) in [6.07, 6.45) is 0. The Kier molecular flexibility index (Phi) is 3.04. The second kappa shape index (κ2) is 4.33. The molecule has 5 heteroatoms. The van der Waals surface area contributed by atoms with E-state index in [0.717, 1.165) is 5.06 Å². The summed E-state index contributed by atoms with van der Waals surface area (Å²) in [5, 5.41) is 31.3. The van der Waals surface area contributed by atoms with Crippen molar-refractivity contribution >= 4 is 5.84 Å². The Bertz CT molecular complexity index is 674. The van der Waals surface area contributed by atoms with Gasteiger partial charge in [0.25, 0.3) is 0 Å². The molecule has 0 N–H and O–H groups in total. The Morgan fingerprint density at radius 2 is 1.70 bits per heavy atom. The van der Waals surface area contributed by atoms with Gasteiger partial charge in [-0.25, -0.2) is 0 Å². The average Bonchev–Trinajstić information content (AvgIpc) is 2.58. The molecule has 0 saturated carbocycles. The van der Waals surface area contributed by atoms with Gasteiger partial charge in [0.15, 0.2) is 5.84 Å². The van der Waals surface area contributed by atoms with Crippen molar-refractivity contribution in [3.8, 4) is 12.1 Å². The molecule has 0 aromatic heterocycles. The lowest BCUT2D eigenvalue weighted by Gasteiger charge is -2.35. The summed E-state index contributed by atoms with van der Waals surface area (Å²) in [5.41, 5.74) is -0.0722. The molecule has 0 amide bonds. The van der Waals surface area contributed by atoms with Gasteiger partial charge < -0.3 is 0 Å². The summed E-state index contributed by atoms with van der Waals surface area (Å²) >= 11 is 0. The maximum Gasteiger partial charge on any atom is 0.159 e. The third-order valence-corrected chi connectivity index (χ3v) is 4.10. The van der Waals surface area contributed by atoms with Gasteiger partial charge >= 0.3 is 0 Å². The summed E-state index contributed by atoms with van der Waals surface area (Å²) in [5.74, 6) is 0.306. The molecular formula is C15H15N4O. The monoisotopic (exact) mass is 267 g/mol. The summed E-state index contributed by atoms with van der Waals surface area (Å²) in [6, 6.07) is 8.66. The van der Waals surface area contributed by atoms with Gasteiger partial charge in [0.2, 0.25) is 0 Å². The molecule has 0 atom stereocenters. The van der Waals surface area contributed by atoms with Crippen molar-refractivity contribution in [1.29, 1.82) is 10.5 Å². The van der Waals surface area contributed by atoms with E-state index in [1.165, 1.54) is 0 Å². The van der Waals surface area contributed by atoms with E-state index >= 15 is 0 Å². The molecule has 101 valence electrons. The van der Waals surface area contributed by atoms with Gasteiger partial charge in [0.1, 0.15) is 12.1 Å². The fraction of sp³-hybridized carbons (Fsp3) is 0.400. The van der Waals surface area contributed by atoms with Crippen LogP contribution >= 0.6 is 0 Å². The van der Waals surface area contributed by atoms with Crippen LogP contribution in [0.25, 0.3) is 0 Å². The van der Waals surface area contributed by atoms with Gasteiger partial charge in [-0.15, -0.1) is 0 Å². The van der Waals surface area contributed by atoms with Crippen LogP contribution in [0.1, 0.15) is 44.4 Å². The van der Waals surface area contributed by atoms with Crippen LogP contribution in [0.15, 0.2) is 23.2 Å². The van der Waals surface area contributed by atoms with Gasteiger partial charge in [-0.1, -0.05) is 5.21 Å². The number of nitrogens with zero attached hydrogens (tertiary/aromatic N) is 4. The summed E-state index contributed by atoms with van der Waals surface area (Å²) in [4.78, 5) is 4.49. The van der Waals surface area contributed by atoms with Crippen LogP contribution < -0.4 is 0 Å². The molecule has 0 fully saturated rings. The van der Waals surface area contributed by atoms with E-state index in [0.29, 0.717) is 17.0 Å². The zero-order valence-corrected chi connectivity index (χ0v) is 11.9. The molecular weight excluding hydrogens is 252 g/mol. The SMILES string of the molecule is CC1(C)N=C(c2ccc(C#N)c(C#N)c2)N([O])C1(C)C. The highest BCUT2D eigenvalue weighted by Gasteiger charge is 2.50. The molecule has 1 heterocycles. The Labute approximate surface area is 118 Å². The Hall–Kier alpha value is -2.37. The van der Waals surface area contributed by atoms with Crippen molar-refractivity contribution in [2.24, 2.45) is 4.99 Å². The topological polar surface area (TPSA) is 83.1 Å². The van der Waals surface area contributed by atoms with Crippen LogP contribution in [0.4, 0.5) is 0 Å². The molecule has 0 spiro atoms. The van der Waals surface area contributed by atoms with Crippen molar-refractivity contribution < 1.29 is 5.21 Å². The molecule has 0 aliphatic carbocycles. The first-order chi connectivity index (χ1) is 9.24. The number of amidine groups is 1. The quantitative estimate of drug-likeness (QED) is 0.783. The molecule has 0 saturated heterocycles. The smallest absolute Gasteiger partial charge is 0.159 e. The minimum Gasteiger partial charge on any atom is -0.257 e. The van der Waals surface area contributed by atoms with Crippen molar-refractivity contribution in [3.05, 3.63) is 34.9 Å². The Morgan fingerprint density at radius 3 is 2.15 bits per heavy atom. The van der Waals surface area contributed by atoms with Gasteiger partial charge in [-0.2, -0.15) is 15.6 Å². The lowest BCUT2D eigenvalue weighted by molar-refractivity contribution is -0.158. The van der Waals surface area contributed by atoms with E-state index in [9.17, 15) is 5.21 Å². The van der Waals surface area contributed by atoms with Crippen LogP contribution in [-0.2, 0) is 5.21 Å². The first kappa shape index (κ1) is 14.0. The summed E-state index contributed by atoms with van der Waals surface area (Å²) in [6.45, 7) is 7.48. The molecule has 1 aromatic carbocycles. The highest BCUT2D eigenvalue weighted by atomic mass is 16.5. The van der Waals surface area contributed by atoms with Crippen LogP contribution in [-0.4, -0.2) is 22.0 Å². The van der Waals surface area contributed by atoms with E-state index in [1.807, 2.05) is 39.8 Å². The van der Waals surface area contributed by atoms with Crippen molar-refractivity contribution in [2.75, 3.05) is 0 Å². The van der Waals surface area contributed by atoms with Crippen molar-refractivity contribution in [2.45, 2.75) is 38.8 Å². The minimum atomic E-state index is -0.664. The van der Waals surface area contributed by atoms with Crippen molar-refractivity contribution in [1.82, 2.24) is 5.06 Å². The molecule has 20 heavy (non-hydrogen) atoms. The molecule has 5 nitrogen and oxygen atoms in total. The van der Waals surface area contributed by atoms with E-state index in [2.05, 4.69) is 4.99 Å². The lowest BCUT2D eigenvalue weighted by Crippen LogP contribution is -2.50. The lowest BCUT2D eigenvalue weighted by atomic mass is 9.84. The number of nitriles is 2. The molecule has 1 aliphatic heterocycles.